The molecule has 0 aromatic heterocycles. The molecule has 2 amide bonds. The molecule has 0 spiro atoms. The predicted molar refractivity (Wildman–Crippen MR) is 105 cm³/mol. The molecule has 0 unspecified atom stereocenters. The SMILES string of the molecule is Cc1cc(C)cc(OCC(=O)OCC(=O)NNC(=O)[C@H]2COc3ccccc3O2)c1. The number of rotatable bonds is 6. The van der Waals surface area contributed by atoms with Crippen LogP contribution in [0.1, 0.15) is 11.1 Å². The number of fused-ring (bicyclic) bond motifs is 1. The average molecular weight is 414 g/mol. The topological polar surface area (TPSA) is 112 Å². The highest BCUT2D eigenvalue weighted by atomic mass is 16.6. The molecular formula is C21H22N2O7. The first-order chi connectivity index (χ1) is 14.4. The Morgan fingerprint density at radius 3 is 2.43 bits per heavy atom. The van der Waals surface area contributed by atoms with E-state index >= 15 is 0 Å². The lowest BCUT2D eigenvalue weighted by Gasteiger charge is -2.25. The number of amides is 2. The Morgan fingerprint density at radius 2 is 1.70 bits per heavy atom. The molecule has 3 rings (SSSR count). The van der Waals surface area contributed by atoms with Crippen LogP contribution < -0.4 is 25.1 Å². The third-order valence-electron chi connectivity index (χ3n) is 4.04. The summed E-state index contributed by atoms with van der Waals surface area (Å²) in [6, 6.07) is 12.5. The number of esters is 1. The Kier molecular flexibility index (Phi) is 6.74. The Morgan fingerprint density at radius 1 is 1.00 bits per heavy atom. The van der Waals surface area contributed by atoms with E-state index in [1.54, 1.807) is 36.4 Å². The van der Waals surface area contributed by atoms with E-state index in [-0.39, 0.29) is 13.2 Å². The zero-order valence-corrected chi connectivity index (χ0v) is 16.6. The van der Waals surface area contributed by atoms with Gasteiger partial charge in [-0.15, -0.1) is 0 Å². The standard InChI is InChI=1S/C21H22N2O7/c1-13-7-14(2)9-15(8-13)27-12-20(25)29-11-19(24)22-23-21(26)18-10-28-16-5-3-4-6-17(16)30-18/h3-9,18H,10-12H2,1-2H3,(H,22,24)(H,23,26)/t18-/m1/s1. The number of carbonyl (C=O) groups excluding carboxylic acids is 3. The van der Waals surface area contributed by atoms with Gasteiger partial charge in [0.2, 0.25) is 6.10 Å². The maximum atomic E-state index is 12.1. The second kappa shape index (κ2) is 9.64. The monoisotopic (exact) mass is 414 g/mol. The molecule has 0 saturated heterocycles. The van der Waals surface area contributed by atoms with Crippen LogP contribution in [0.5, 0.6) is 17.2 Å². The Balaban J connectivity index is 1.35. The largest absolute Gasteiger partial charge is 0.485 e. The van der Waals surface area contributed by atoms with Gasteiger partial charge in [-0.2, -0.15) is 0 Å². The lowest BCUT2D eigenvalue weighted by molar-refractivity contribution is -0.151. The summed E-state index contributed by atoms with van der Waals surface area (Å²) in [4.78, 5) is 35.6. The van der Waals surface area contributed by atoms with Crippen molar-refractivity contribution in [3.05, 3.63) is 53.6 Å². The molecule has 0 radical (unpaired) electrons. The van der Waals surface area contributed by atoms with Gasteiger partial charge in [0.25, 0.3) is 11.8 Å². The molecule has 9 nitrogen and oxygen atoms in total. The number of para-hydroxylation sites is 2. The summed E-state index contributed by atoms with van der Waals surface area (Å²) in [5.74, 6) is -0.496. The minimum absolute atomic E-state index is 0.00345. The summed E-state index contributed by atoms with van der Waals surface area (Å²) in [5.41, 5.74) is 6.37. The van der Waals surface area contributed by atoms with Gasteiger partial charge in [0.15, 0.2) is 24.7 Å². The first-order valence-corrected chi connectivity index (χ1v) is 9.24. The molecule has 1 atom stereocenters. The van der Waals surface area contributed by atoms with Crippen LogP contribution in [0, 0.1) is 13.8 Å². The van der Waals surface area contributed by atoms with Gasteiger partial charge in [-0.05, 0) is 49.2 Å². The van der Waals surface area contributed by atoms with Gasteiger partial charge in [-0.25, -0.2) is 4.79 Å². The van der Waals surface area contributed by atoms with Crippen molar-refractivity contribution >= 4 is 17.8 Å². The van der Waals surface area contributed by atoms with Crippen molar-refractivity contribution in [2.45, 2.75) is 20.0 Å². The molecule has 1 aliphatic heterocycles. The van der Waals surface area contributed by atoms with Crippen LogP contribution in [0.25, 0.3) is 0 Å². The summed E-state index contributed by atoms with van der Waals surface area (Å²) in [6.45, 7) is 2.93. The molecule has 158 valence electrons. The molecule has 2 aromatic rings. The van der Waals surface area contributed by atoms with Gasteiger partial charge in [-0.3, -0.25) is 20.4 Å². The highest BCUT2D eigenvalue weighted by Gasteiger charge is 2.27. The van der Waals surface area contributed by atoms with Crippen LogP contribution in [-0.2, 0) is 19.1 Å². The Bertz CT molecular complexity index is 924. The van der Waals surface area contributed by atoms with E-state index in [1.807, 2.05) is 19.9 Å². The number of nitrogens with one attached hydrogen (secondary N) is 2. The van der Waals surface area contributed by atoms with Crippen molar-refractivity contribution in [3.8, 4) is 17.2 Å². The van der Waals surface area contributed by atoms with Gasteiger partial charge < -0.3 is 18.9 Å². The fourth-order valence-corrected chi connectivity index (χ4v) is 2.74. The fraction of sp³-hybridized carbons (Fsp3) is 0.286. The van der Waals surface area contributed by atoms with Crippen molar-refractivity contribution in [2.75, 3.05) is 19.8 Å². The van der Waals surface area contributed by atoms with Crippen molar-refractivity contribution in [3.63, 3.8) is 0 Å². The molecule has 0 aliphatic carbocycles. The lowest BCUT2D eigenvalue weighted by atomic mass is 10.1. The maximum Gasteiger partial charge on any atom is 0.344 e. The van der Waals surface area contributed by atoms with Crippen LogP contribution >= 0.6 is 0 Å². The first kappa shape index (κ1) is 21.0. The normalized spacial score (nSPS) is 14.4. The average Bonchev–Trinajstić information content (AvgIpc) is 2.73. The van der Waals surface area contributed by atoms with E-state index in [4.69, 9.17) is 18.9 Å². The van der Waals surface area contributed by atoms with E-state index in [0.717, 1.165) is 11.1 Å². The van der Waals surface area contributed by atoms with E-state index in [9.17, 15) is 14.4 Å². The predicted octanol–water partition coefficient (Wildman–Crippen LogP) is 1.21. The minimum atomic E-state index is -0.922. The van der Waals surface area contributed by atoms with Gasteiger partial charge >= 0.3 is 5.97 Å². The van der Waals surface area contributed by atoms with Crippen molar-refractivity contribution in [2.24, 2.45) is 0 Å². The van der Waals surface area contributed by atoms with Gasteiger partial charge in [0, 0.05) is 0 Å². The van der Waals surface area contributed by atoms with Crippen LogP contribution in [0.3, 0.4) is 0 Å². The number of ether oxygens (including phenoxy) is 4. The van der Waals surface area contributed by atoms with Crippen LogP contribution in [-0.4, -0.2) is 43.7 Å². The van der Waals surface area contributed by atoms with Crippen molar-refractivity contribution < 1.29 is 33.3 Å². The minimum Gasteiger partial charge on any atom is -0.485 e. The van der Waals surface area contributed by atoms with Crippen LogP contribution in [0.15, 0.2) is 42.5 Å². The number of carbonyl (C=O) groups is 3. The highest BCUT2D eigenvalue weighted by Crippen LogP contribution is 2.30. The highest BCUT2D eigenvalue weighted by molar-refractivity contribution is 5.86. The van der Waals surface area contributed by atoms with E-state index in [0.29, 0.717) is 17.2 Å². The van der Waals surface area contributed by atoms with E-state index in [1.165, 1.54) is 0 Å². The molecule has 30 heavy (non-hydrogen) atoms. The summed E-state index contributed by atoms with van der Waals surface area (Å²) in [7, 11) is 0. The quantitative estimate of drug-likeness (QED) is 0.540. The molecule has 2 aromatic carbocycles. The number of aryl methyl sites for hydroxylation is 2. The third-order valence-corrected chi connectivity index (χ3v) is 4.04. The summed E-state index contributed by atoms with van der Waals surface area (Å²) in [5, 5.41) is 0. The molecule has 0 saturated carbocycles. The molecule has 1 aliphatic rings. The summed E-state index contributed by atoms with van der Waals surface area (Å²) < 4.78 is 21.2. The molecule has 9 heteroatoms. The second-order valence-electron chi connectivity index (χ2n) is 6.67. The zero-order valence-electron chi connectivity index (χ0n) is 16.6. The van der Waals surface area contributed by atoms with Gasteiger partial charge in [0.1, 0.15) is 12.4 Å². The molecule has 0 bridgehead atoms. The molecule has 2 N–H and O–H groups in total. The summed E-state index contributed by atoms with van der Waals surface area (Å²) >= 11 is 0. The number of benzene rings is 2. The number of hydrazine groups is 1. The smallest absolute Gasteiger partial charge is 0.344 e. The van der Waals surface area contributed by atoms with E-state index in [2.05, 4.69) is 10.9 Å². The second-order valence-corrected chi connectivity index (χ2v) is 6.67. The number of hydrogen-bond acceptors (Lipinski definition) is 7. The summed E-state index contributed by atoms with van der Waals surface area (Å²) in [6.07, 6.45) is -0.922. The zero-order chi connectivity index (χ0) is 21.5. The van der Waals surface area contributed by atoms with Crippen LogP contribution in [0.4, 0.5) is 0 Å². The molecular weight excluding hydrogens is 392 g/mol. The van der Waals surface area contributed by atoms with Crippen molar-refractivity contribution in [1.82, 2.24) is 10.9 Å². The maximum absolute atomic E-state index is 12.1. The molecule has 1 heterocycles. The third kappa shape index (κ3) is 5.87. The van der Waals surface area contributed by atoms with Crippen LogP contribution in [0.2, 0.25) is 0 Å². The Labute approximate surface area is 173 Å². The lowest BCUT2D eigenvalue weighted by Crippen LogP contribution is -2.51. The van der Waals surface area contributed by atoms with Gasteiger partial charge in [-0.1, -0.05) is 18.2 Å². The number of hydrogen-bond donors (Lipinski definition) is 2. The first-order valence-electron chi connectivity index (χ1n) is 9.24. The fourth-order valence-electron chi connectivity index (χ4n) is 2.74. The van der Waals surface area contributed by atoms with Gasteiger partial charge in [0.05, 0.1) is 0 Å². The van der Waals surface area contributed by atoms with E-state index < -0.39 is 30.5 Å². The van der Waals surface area contributed by atoms with Crippen molar-refractivity contribution in [1.29, 1.82) is 0 Å². The molecule has 0 fully saturated rings. The Hall–Kier alpha value is -3.75.